The number of nitrogens with one attached hydrogen (secondary N) is 2. The lowest BCUT2D eigenvalue weighted by Crippen LogP contribution is -2.29. The van der Waals surface area contributed by atoms with E-state index < -0.39 is 5.97 Å². The normalized spacial score (nSPS) is 10.1. The van der Waals surface area contributed by atoms with Gasteiger partial charge in [-0.3, -0.25) is 4.79 Å². The average molecular weight is 393 g/mol. The molecule has 2 N–H and O–H groups in total. The number of halogens is 1. The Kier molecular flexibility index (Phi) is 7.31. The van der Waals surface area contributed by atoms with E-state index in [1.54, 1.807) is 38.5 Å². The van der Waals surface area contributed by atoms with Crippen LogP contribution in [0.2, 0.25) is 5.02 Å². The maximum atomic E-state index is 12.1. The molecule has 0 heterocycles. The molecule has 0 aliphatic carbocycles. The third-order valence-corrected chi connectivity index (χ3v) is 4.09. The molecule has 0 fully saturated rings. The standard InChI is InChI=1S/C19H21ClN2O5/c1-25-16-7-4-12(8-17(16)26-2)10-22-18(23)11-21-15-9-13(19(24)27-3)5-6-14(15)20/h4-9,21H,10-11H2,1-3H3,(H,22,23). The van der Waals surface area contributed by atoms with Gasteiger partial charge in [-0.1, -0.05) is 17.7 Å². The fraction of sp³-hybridized carbons (Fsp3) is 0.263. The highest BCUT2D eigenvalue weighted by Gasteiger charge is 2.10. The highest BCUT2D eigenvalue weighted by molar-refractivity contribution is 6.33. The van der Waals surface area contributed by atoms with Crippen LogP contribution in [-0.4, -0.2) is 39.8 Å². The van der Waals surface area contributed by atoms with Crippen LogP contribution in [-0.2, 0) is 16.1 Å². The summed E-state index contributed by atoms with van der Waals surface area (Å²) in [5, 5.41) is 6.10. The summed E-state index contributed by atoms with van der Waals surface area (Å²) >= 11 is 6.09. The van der Waals surface area contributed by atoms with E-state index in [9.17, 15) is 9.59 Å². The van der Waals surface area contributed by atoms with Gasteiger partial charge in [-0.2, -0.15) is 0 Å². The van der Waals surface area contributed by atoms with Gasteiger partial charge in [0, 0.05) is 6.54 Å². The maximum absolute atomic E-state index is 12.1. The van der Waals surface area contributed by atoms with Crippen LogP contribution in [0, 0.1) is 0 Å². The summed E-state index contributed by atoms with van der Waals surface area (Å²) in [6, 6.07) is 10.1. The monoisotopic (exact) mass is 392 g/mol. The molecule has 0 saturated carbocycles. The van der Waals surface area contributed by atoms with Crippen LogP contribution in [0.25, 0.3) is 0 Å². The molecule has 2 aromatic carbocycles. The van der Waals surface area contributed by atoms with Crippen LogP contribution in [0.3, 0.4) is 0 Å². The molecule has 0 unspecified atom stereocenters. The fourth-order valence-corrected chi connectivity index (χ4v) is 2.52. The van der Waals surface area contributed by atoms with Crippen LogP contribution in [0.15, 0.2) is 36.4 Å². The Morgan fingerprint density at radius 1 is 1.00 bits per heavy atom. The van der Waals surface area contributed by atoms with Crippen LogP contribution in [0.1, 0.15) is 15.9 Å². The van der Waals surface area contributed by atoms with Crippen molar-refractivity contribution in [3.63, 3.8) is 0 Å². The summed E-state index contributed by atoms with van der Waals surface area (Å²) in [5.74, 6) is 0.500. The van der Waals surface area contributed by atoms with Crippen molar-refractivity contribution < 1.29 is 23.8 Å². The molecule has 7 nitrogen and oxygen atoms in total. The number of anilines is 1. The van der Waals surface area contributed by atoms with Gasteiger partial charge in [0.1, 0.15) is 0 Å². The molecule has 0 aromatic heterocycles. The van der Waals surface area contributed by atoms with Gasteiger partial charge in [-0.25, -0.2) is 4.79 Å². The van der Waals surface area contributed by atoms with E-state index in [0.29, 0.717) is 34.3 Å². The first kappa shape index (κ1) is 20.4. The Bertz CT molecular complexity index is 826. The summed E-state index contributed by atoms with van der Waals surface area (Å²) < 4.78 is 15.1. The Hall–Kier alpha value is -2.93. The number of methoxy groups -OCH3 is 3. The molecule has 0 aliphatic rings. The molecular weight excluding hydrogens is 372 g/mol. The average Bonchev–Trinajstić information content (AvgIpc) is 2.70. The van der Waals surface area contributed by atoms with Crippen molar-refractivity contribution in [3.05, 3.63) is 52.5 Å². The molecule has 0 aliphatic heterocycles. The predicted molar refractivity (Wildman–Crippen MR) is 103 cm³/mol. The second-order valence-electron chi connectivity index (χ2n) is 5.51. The van der Waals surface area contributed by atoms with E-state index >= 15 is 0 Å². The van der Waals surface area contributed by atoms with Crippen LogP contribution >= 0.6 is 11.6 Å². The molecule has 0 spiro atoms. The Morgan fingerprint density at radius 3 is 2.41 bits per heavy atom. The molecular formula is C19H21ClN2O5. The number of hydrogen-bond donors (Lipinski definition) is 2. The molecule has 2 rings (SSSR count). The number of carbonyl (C=O) groups excluding carboxylic acids is 2. The summed E-state index contributed by atoms with van der Waals surface area (Å²) in [4.78, 5) is 23.7. The minimum atomic E-state index is -0.479. The number of hydrogen-bond acceptors (Lipinski definition) is 6. The minimum Gasteiger partial charge on any atom is -0.493 e. The van der Waals surface area contributed by atoms with Gasteiger partial charge in [0.05, 0.1) is 44.1 Å². The first-order chi connectivity index (χ1) is 13.0. The number of esters is 1. The maximum Gasteiger partial charge on any atom is 0.337 e. The highest BCUT2D eigenvalue weighted by atomic mass is 35.5. The molecule has 0 radical (unpaired) electrons. The SMILES string of the molecule is COC(=O)c1ccc(Cl)c(NCC(=O)NCc2ccc(OC)c(OC)c2)c1. The van der Waals surface area contributed by atoms with Gasteiger partial charge in [0.25, 0.3) is 0 Å². The van der Waals surface area contributed by atoms with Gasteiger partial charge in [-0.15, -0.1) is 0 Å². The molecule has 1 amide bonds. The van der Waals surface area contributed by atoms with E-state index in [4.69, 9.17) is 21.1 Å². The molecule has 0 saturated heterocycles. The number of carbonyl (C=O) groups is 2. The van der Waals surface area contributed by atoms with Crippen molar-refractivity contribution in [3.8, 4) is 11.5 Å². The van der Waals surface area contributed by atoms with Crippen molar-refractivity contribution in [1.82, 2.24) is 5.32 Å². The van der Waals surface area contributed by atoms with Gasteiger partial charge in [0.15, 0.2) is 11.5 Å². The predicted octanol–water partition coefficient (Wildman–Crippen LogP) is 2.87. The number of benzene rings is 2. The van der Waals surface area contributed by atoms with Gasteiger partial charge in [0.2, 0.25) is 5.91 Å². The van der Waals surface area contributed by atoms with Crippen molar-refractivity contribution in [1.29, 1.82) is 0 Å². The smallest absolute Gasteiger partial charge is 0.337 e. The number of amides is 1. The van der Waals surface area contributed by atoms with Gasteiger partial charge in [-0.05, 0) is 35.9 Å². The quantitative estimate of drug-likeness (QED) is 0.672. The van der Waals surface area contributed by atoms with E-state index in [0.717, 1.165) is 5.56 Å². The zero-order valence-electron chi connectivity index (χ0n) is 15.3. The lowest BCUT2D eigenvalue weighted by atomic mass is 10.2. The first-order valence-electron chi connectivity index (χ1n) is 8.07. The molecule has 2 aromatic rings. The first-order valence-corrected chi connectivity index (χ1v) is 8.45. The Balaban J connectivity index is 1.92. The highest BCUT2D eigenvalue weighted by Crippen LogP contribution is 2.27. The third-order valence-electron chi connectivity index (χ3n) is 3.76. The van der Waals surface area contributed by atoms with E-state index in [1.807, 2.05) is 6.07 Å². The second kappa shape index (κ2) is 9.68. The van der Waals surface area contributed by atoms with Crippen LogP contribution < -0.4 is 20.1 Å². The lowest BCUT2D eigenvalue weighted by Gasteiger charge is -2.12. The van der Waals surface area contributed by atoms with E-state index in [-0.39, 0.29) is 12.5 Å². The van der Waals surface area contributed by atoms with Crippen molar-refractivity contribution in [2.45, 2.75) is 6.54 Å². The van der Waals surface area contributed by atoms with Gasteiger partial charge < -0.3 is 24.8 Å². The molecule has 27 heavy (non-hydrogen) atoms. The summed E-state index contributed by atoms with van der Waals surface area (Å²) in [6.45, 7) is 0.328. The molecule has 8 heteroatoms. The van der Waals surface area contributed by atoms with Crippen molar-refractivity contribution in [2.75, 3.05) is 33.2 Å². The van der Waals surface area contributed by atoms with Crippen molar-refractivity contribution >= 4 is 29.2 Å². The number of ether oxygens (including phenoxy) is 3. The summed E-state index contributed by atoms with van der Waals surface area (Å²) in [5.41, 5.74) is 1.68. The summed E-state index contributed by atoms with van der Waals surface area (Å²) in [6.07, 6.45) is 0. The zero-order chi connectivity index (χ0) is 19.8. The zero-order valence-corrected chi connectivity index (χ0v) is 16.1. The topological polar surface area (TPSA) is 85.9 Å². The van der Waals surface area contributed by atoms with E-state index in [2.05, 4.69) is 15.4 Å². The fourth-order valence-electron chi connectivity index (χ4n) is 2.33. The third kappa shape index (κ3) is 5.52. The minimum absolute atomic E-state index is 0.00235. The number of rotatable bonds is 8. The summed E-state index contributed by atoms with van der Waals surface area (Å²) in [7, 11) is 4.41. The van der Waals surface area contributed by atoms with Crippen LogP contribution in [0.4, 0.5) is 5.69 Å². The molecule has 144 valence electrons. The Labute approximate surface area is 162 Å². The van der Waals surface area contributed by atoms with E-state index in [1.165, 1.54) is 13.2 Å². The Morgan fingerprint density at radius 2 is 1.74 bits per heavy atom. The largest absolute Gasteiger partial charge is 0.493 e. The van der Waals surface area contributed by atoms with Gasteiger partial charge >= 0.3 is 5.97 Å². The second-order valence-corrected chi connectivity index (χ2v) is 5.91. The van der Waals surface area contributed by atoms with Crippen LogP contribution in [0.5, 0.6) is 11.5 Å². The molecule has 0 bridgehead atoms. The lowest BCUT2D eigenvalue weighted by molar-refractivity contribution is -0.119. The molecule has 0 atom stereocenters. The van der Waals surface area contributed by atoms with Crippen molar-refractivity contribution in [2.24, 2.45) is 0 Å².